The lowest BCUT2D eigenvalue weighted by atomic mass is 10.1. The van der Waals surface area contributed by atoms with Crippen LogP contribution in [-0.2, 0) is 15.9 Å². The maximum Gasteiger partial charge on any atom is 0.411 e. The van der Waals surface area contributed by atoms with Gasteiger partial charge in [0.25, 0.3) is 0 Å². The Hall–Kier alpha value is -3.59. The van der Waals surface area contributed by atoms with Gasteiger partial charge in [-0.05, 0) is 29.8 Å². The molecule has 0 bridgehead atoms. The summed E-state index contributed by atoms with van der Waals surface area (Å²) in [5, 5.41) is 6.83. The Bertz CT molecular complexity index is 1100. The molecule has 0 aliphatic heterocycles. The van der Waals surface area contributed by atoms with E-state index in [-0.39, 0.29) is 36.4 Å². The first-order valence-electron chi connectivity index (χ1n) is 9.02. The molecule has 0 aliphatic rings. The third-order valence-corrected chi connectivity index (χ3v) is 4.11. The van der Waals surface area contributed by atoms with Crippen LogP contribution in [0.3, 0.4) is 0 Å². The van der Waals surface area contributed by atoms with Crippen LogP contribution in [-0.4, -0.2) is 36.2 Å². The monoisotopic (exact) mass is 415 g/mol. The van der Waals surface area contributed by atoms with E-state index in [1.807, 2.05) is 0 Å². The second-order valence-corrected chi connectivity index (χ2v) is 6.30. The number of aromatic nitrogens is 2. The fourth-order valence-electron chi connectivity index (χ4n) is 2.67. The molecule has 3 aromatic rings. The van der Waals surface area contributed by atoms with Crippen LogP contribution < -0.4 is 10.7 Å². The van der Waals surface area contributed by atoms with E-state index in [2.05, 4.69) is 10.4 Å². The van der Waals surface area contributed by atoms with Gasteiger partial charge in [0.05, 0.1) is 12.3 Å². The van der Waals surface area contributed by atoms with Gasteiger partial charge in [0.15, 0.2) is 11.6 Å². The maximum absolute atomic E-state index is 13.5. The molecule has 30 heavy (non-hydrogen) atoms. The average Bonchev–Trinajstić information content (AvgIpc) is 2.72. The lowest BCUT2D eigenvalue weighted by Crippen LogP contribution is -2.17. The normalized spacial score (nSPS) is 10.6. The zero-order chi connectivity index (χ0) is 21.5. The summed E-state index contributed by atoms with van der Waals surface area (Å²) in [6.07, 6.45) is 0.937. The molecule has 1 N–H and O–H groups in total. The zero-order valence-electron chi connectivity index (χ0n) is 16.1. The third-order valence-electron chi connectivity index (χ3n) is 4.11. The first-order chi connectivity index (χ1) is 14.5. The minimum Gasteiger partial charge on any atom is -0.447 e. The highest BCUT2D eigenvalue weighted by molar-refractivity contribution is 5.84. The quantitative estimate of drug-likeness (QED) is 0.599. The molecule has 0 spiro atoms. The topological polar surface area (TPSA) is 82.4 Å². The molecule has 0 saturated carbocycles. The van der Waals surface area contributed by atoms with Crippen molar-refractivity contribution < 1.29 is 23.0 Å². The van der Waals surface area contributed by atoms with E-state index in [1.54, 1.807) is 24.3 Å². The van der Waals surface area contributed by atoms with E-state index in [0.717, 1.165) is 17.7 Å². The van der Waals surface area contributed by atoms with Gasteiger partial charge in [-0.1, -0.05) is 12.1 Å². The van der Waals surface area contributed by atoms with Crippen LogP contribution in [0.1, 0.15) is 11.3 Å². The van der Waals surface area contributed by atoms with Crippen molar-refractivity contribution in [3.63, 3.8) is 0 Å². The van der Waals surface area contributed by atoms with Crippen molar-refractivity contribution in [1.82, 2.24) is 9.78 Å². The van der Waals surface area contributed by atoms with Crippen LogP contribution in [0.4, 0.5) is 19.3 Å². The number of nitrogens with zero attached hydrogens (tertiary/aromatic N) is 2. The first kappa shape index (κ1) is 21.1. The lowest BCUT2D eigenvalue weighted by molar-refractivity contribution is 0.107. The van der Waals surface area contributed by atoms with Crippen molar-refractivity contribution in [2.75, 3.05) is 25.6 Å². The number of halogens is 2. The molecular weight excluding hydrogens is 396 g/mol. The van der Waals surface area contributed by atoms with Crippen LogP contribution >= 0.6 is 0 Å². The predicted molar refractivity (Wildman–Crippen MR) is 106 cm³/mol. The number of ether oxygens (including phenoxy) is 2. The van der Waals surface area contributed by atoms with Crippen molar-refractivity contribution in [3.8, 4) is 5.69 Å². The SMILES string of the molecule is COCCOC(=O)Nc1cccc(Cc2nn(-c3ccc(F)c(F)c3)ccc2=O)c1. The Labute approximate surface area is 170 Å². The highest BCUT2D eigenvalue weighted by Gasteiger charge is 2.09. The molecule has 1 heterocycles. The maximum atomic E-state index is 13.5. The standard InChI is InChI=1S/C21H19F2N3O4/c1-29-9-10-30-21(28)24-15-4-2-3-14(11-15)12-19-20(27)7-8-26(25-19)16-5-6-17(22)18(23)13-16/h2-8,11,13H,9-10,12H2,1H3,(H,24,28). The van der Waals surface area contributed by atoms with Crippen molar-refractivity contribution in [2.45, 2.75) is 6.42 Å². The molecule has 0 atom stereocenters. The molecule has 0 saturated heterocycles. The summed E-state index contributed by atoms with van der Waals surface area (Å²) >= 11 is 0. The largest absolute Gasteiger partial charge is 0.447 e. The smallest absolute Gasteiger partial charge is 0.411 e. The molecule has 9 heteroatoms. The first-order valence-corrected chi connectivity index (χ1v) is 9.02. The molecule has 0 unspecified atom stereocenters. The van der Waals surface area contributed by atoms with Gasteiger partial charge in [-0.15, -0.1) is 0 Å². The van der Waals surface area contributed by atoms with Crippen LogP contribution in [0.25, 0.3) is 5.69 Å². The summed E-state index contributed by atoms with van der Waals surface area (Å²) in [6.45, 7) is 0.414. The van der Waals surface area contributed by atoms with E-state index in [0.29, 0.717) is 5.69 Å². The molecule has 156 valence electrons. The van der Waals surface area contributed by atoms with Gasteiger partial charge in [-0.25, -0.2) is 18.3 Å². The van der Waals surface area contributed by atoms with E-state index >= 15 is 0 Å². The zero-order valence-corrected chi connectivity index (χ0v) is 16.1. The Morgan fingerprint density at radius 2 is 1.93 bits per heavy atom. The van der Waals surface area contributed by atoms with Gasteiger partial charge in [0, 0.05) is 37.5 Å². The molecule has 0 aliphatic carbocycles. The summed E-state index contributed by atoms with van der Waals surface area (Å²) in [7, 11) is 1.50. The van der Waals surface area contributed by atoms with Crippen molar-refractivity contribution in [3.05, 3.63) is 87.8 Å². The third kappa shape index (κ3) is 5.48. The van der Waals surface area contributed by atoms with E-state index in [4.69, 9.17) is 9.47 Å². The summed E-state index contributed by atoms with van der Waals surface area (Å²) < 4.78 is 37.7. The summed E-state index contributed by atoms with van der Waals surface area (Å²) in [4.78, 5) is 24.0. The number of rotatable bonds is 7. The minimum atomic E-state index is -1.01. The Morgan fingerprint density at radius 1 is 1.10 bits per heavy atom. The number of carbonyl (C=O) groups is 1. The predicted octanol–water partition coefficient (Wildman–Crippen LogP) is 3.30. The van der Waals surface area contributed by atoms with E-state index in [9.17, 15) is 18.4 Å². The number of hydrogen-bond donors (Lipinski definition) is 1. The molecule has 2 aromatic carbocycles. The molecule has 1 aromatic heterocycles. The van der Waals surface area contributed by atoms with Gasteiger partial charge < -0.3 is 9.47 Å². The highest BCUT2D eigenvalue weighted by Crippen LogP contribution is 2.15. The summed E-state index contributed by atoms with van der Waals surface area (Å²) in [6, 6.07) is 11.5. The molecule has 3 rings (SSSR count). The molecule has 0 radical (unpaired) electrons. The molecular formula is C21H19F2N3O4. The lowest BCUT2D eigenvalue weighted by Gasteiger charge is -2.10. The van der Waals surface area contributed by atoms with E-state index < -0.39 is 17.7 Å². The van der Waals surface area contributed by atoms with E-state index in [1.165, 1.54) is 30.1 Å². The average molecular weight is 415 g/mol. The van der Waals surface area contributed by atoms with Crippen LogP contribution in [0, 0.1) is 11.6 Å². The van der Waals surface area contributed by atoms with Gasteiger partial charge in [0.2, 0.25) is 5.43 Å². The van der Waals surface area contributed by atoms with Gasteiger partial charge in [-0.3, -0.25) is 10.1 Å². The fourth-order valence-corrected chi connectivity index (χ4v) is 2.67. The summed E-state index contributed by atoms with van der Waals surface area (Å²) in [5.74, 6) is -1.98. The number of methoxy groups -OCH3 is 1. The Balaban J connectivity index is 1.77. The number of carbonyl (C=O) groups excluding carboxylic acids is 1. The van der Waals surface area contributed by atoms with Crippen LogP contribution in [0.2, 0.25) is 0 Å². The van der Waals surface area contributed by atoms with Crippen molar-refractivity contribution in [2.24, 2.45) is 0 Å². The summed E-state index contributed by atoms with van der Waals surface area (Å²) in [5.41, 5.74) is 1.40. The van der Waals surface area contributed by atoms with Gasteiger partial charge in [-0.2, -0.15) is 5.10 Å². The fraction of sp³-hybridized carbons (Fsp3) is 0.190. The molecule has 0 fully saturated rings. The minimum absolute atomic E-state index is 0.124. The second-order valence-electron chi connectivity index (χ2n) is 6.30. The number of amides is 1. The number of nitrogens with one attached hydrogen (secondary N) is 1. The number of benzene rings is 2. The Morgan fingerprint density at radius 3 is 2.70 bits per heavy atom. The molecule has 7 nitrogen and oxygen atoms in total. The number of anilines is 1. The van der Waals surface area contributed by atoms with Crippen LogP contribution in [0.15, 0.2) is 59.5 Å². The van der Waals surface area contributed by atoms with Crippen molar-refractivity contribution >= 4 is 11.8 Å². The number of hydrogen-bond acceptors (Lipinski definition) is 5. The second kappa shape index (κ2) is 9.75. The van der Waals surface area contributed by atoms with Gasteiger partial charge >= 0.3 is 6.09 Å². The van der Waals surface area contributed by atoms with Crippen LogP contribution in [0.5, 0.6) is 0 Å². The molecule has 1 amide bonds. The Kier molecular flexibility index (Phi) is 6.87. The highest BCUT2D eigenvalue weighted by atomic mass is 19.2. The van der Waals surface area contributed by atoms with Gasteiger partial charge in [0.1, 0.15) is 12.3 Å². The van der Waals surface area contributed by atoms with Crippen molar-refractivity contribution in [1.29, 1.82) is 0 Å².